The van der Waals surface area contributed by atoms with Crippen LogP contribution in [0.2, 0.25) is 0 Å². The first kappa shape index (κ1) is 24.9. The number of nitrogens with zero attached hydrogens (tertiary/aromatic N) is 3. The van der Waals surface area contributed by atoms with Crippen LogP contribution in [0.1, 0.15) is 0 Å². The number of hydrogen-bond acceptors (Lipinski definition) is 4. The van der Waals surface area contributed by atoms with Crippen LogP contribution in [0.3, 0.4) is 0 Å². The van der Waals surface area contributed by atoms with Crippen LogP contribution in [0.4, 0.5) is 0 Å². The molecule has 202 valence electrons. The van der Waals surface area contributed by atoms with Crippen LogP contribution in [0, 0.1) is 0 Å². The molecule has 6 aromatic carbocycles. The van der Waals surface area contributed by atoms with Gasteiger partial charge in [-0.25, -0.2) is 15.0 Å². The zero-order chi connectivity index (χ0) is 28.6. The normalized spacial score (nSPS) is 11.3. The zero-order valence-corrected chi connectivity index (χ0v) is 23.2. The van der Waals surface area contributed by atoms with Gasteiger partial charge < -0.3 is 4.42 Å². The molecule has 0 aliphatic carbocycles. The lowest BCUT2D eigenvalue weighted by molar-refractivity contribution is 0.625. The summed E-state index contributed by atoms with van der Waals surface area (Å²) in [6.07, 6.45) is 0. The third-order valence-electron chi connectivity index (χ3n) is 7.78. The average molecular weight is 552 g/mol. The molecule has 8 aromatic rings. The van der Waals surface area contributed by atoms with Gasteiger partial charge in [0, 0.05) is 16.5 Å². The topological polar surface area (TPSA) is 51.8 Å². The molecule has 0 unspecified atom stereocenters. The molecular weight excluding hydrogens is 526 g/mol. The summed E-state index contributed by atoms with van der Waals surface area (Å²) in [6, 6.07) is 51.8. The van der Waals surface area contributed by atoms with E-state index in [0.717, 1.165) is 38.8 Å². The number of para-hydroxylation sites is 1. The van der Waals surface area contributed by atoms with E-state index >= 15 is 0 Å². The number of benzene rings is 6. The summed E-state index contributed by atoms with van der Waals surface area (Å²) in [5, 5.41) is 3.45. The van der Waals surface area contributed by atoms with Gasteiger partial charge in [0.1, 0.15) is 5.58 Å². The second-order valence-electron chi connectivity index (χ2n) is 10.5. The van der Waals surface area contributed by atoms with E-state index in [1.807, 2.05) is 60.7 Å². The largest absolute Gasteiger partial charge is 0.453 e. The molecule has 0 saturated carbocycles. The molecule has 0 amide bonds. The summed E-state index contributed by atoms with van der Waals surface area (Å²) in [5.41, 5.74) is 7.13. The maximum atomic E-state index is 6.22. The lowest BCUT2D eigenvalue weighted by Gasteiger charge is -2.12. The van der Waals surface area contributed by atoms with Crippen molar-refractivity contribution in [2.75, 3.05) is 0 Å². The Morgan fingerprint density at radius 3 is 1.79 bits per heavy atom. The van der Waals surface area contributed by atoms with Crippen molar-refractivity contribution in [1.29, 1.82) is 0 Å². The van der Waals surface area contributed by atoms with Gasteiger partial charge in [-0.05, 0) is 45.2 Å². The fraction of sp³-hybridized carbons (Fsp3) is 0. The van der Waals surface area contributed by atoms with Crippen molar-refractivity contribution in [3.05, 3.63) is 152 Å². The molecule has 0 fully saturated rings. The first-order valence-corrected chi connectivity index (χ1v) is 14.3. The van der Waals surface area contributed by atoms with Gasteiger partial charge in [-0.15, -0.1) is 0 Å². The molecule has 0 atom stereocenters. The molecule has 0 spiro atoms. The Morgan fingerprint density at radius 2 is 0.953 bits per heavy atom. The first-order valence-electron chi connectivity index (χ1n) is 14.3. The molecule has 2 aromatic heterocycles. The third-order valence-corrected chi connectivity index (χ3v) is 7.78. The summed E-state index contributed by atoms with van der Waals surface area (Å²) < 4.78 is 6.22. The van der Waals surface area contributed by atoms with Gasteiger partial charge in [0.2, 0.25) is 0 Å². The highest BCUT2D eigenvalue weighted by atomic mass is 16.3. The van der Waals surface area contributed by atoms with Crippen LogP contribution < -0.4 is 0 Å². The van der Waals surface area contributed by atoms with Gasteiger partial charge in [-0.1, -0.05) is 140 Å². The van der Waals surface area contributed by atoms with Crippen molar-refractivity contribution in [1.82, 2.24) is 15.0 Å². The molecule has 43 heavy (non-hydrogen) atoms. The van der Waals surface area contributed by atoms with Crippen molar-refractivity contribution >= 4 is 21.7 Å². The summed E-state index contributed by atoms with van der Waals surface area (Å²) in [6.45, 7) is 0. The zero-order valence-electron chi connectivity index (χ0n) is 23.2. The number of hydrogen-bond donors (Lipinski definition) is 0. The highest BCUT2D eigenvalue weighted by molar-refractivity contribution is 5.96. The van der Waals surface area contributed by atoms with Crippen molar-refractivity contribution in [2.45, 2.75) is 0 Å². The van der Waals surface area contributed by atoms with E-state index in [1.54, 1.807) is 0 Å². The summed E-state index contributed by atoms with van der Waals surface area (Å²) in [5.74, 6) is 2.29. The van der Waals surface area contributed by atoms with Gasteiger partial charge in [0.15, 0.2) is 23.2 Å². The average Bonchev–Trinajstić information content (AvgIpc) is 3.53. The number of rotatable bonds is 5. The van der Waals surface area contributed by atoms with E-state index < -0.39 is 0 Å². The highest BCUT2D eigenvalue weighted by Gasteiger charge is 2.18. The minimum Gasteiger partial charge on any atom is -0.453 e. The van der Waals surface area contributed by atoms with Crippen molar-refractivity contribution in [3.8, 4) is 56.6 Å². The van der Waals surface area contributed by atoms with Crippen LogP contribution in [-0.2, 0) is 0 Å². The Labute approximate surface area is 249 Å². The van der Waals surface area contributed by atoms with Crippen LogP contribution in [0.5, 0.6) is 0 Å². The van der Waals surface area contributed by atoms with Gasteiger partial charge in [0.05, 0.1) is 0 Å². The highest BCUT2D eigenvalue weighted by Crippen LogP contribution is 2.34. The lowest BCUT2D eigenvalue weighted by atomic mass is 9.97. The molecule has 8 rings (SSSR count). The Morgan fingerprint density at radius 1 is 0.372 bits per heavy atom. The number of furan rings is 1. The second-order valence-corrected chi connectivity index (χ2v) is 10.5. The monoisotopic (exact) mass is 551 g/mol. The molecule has 0 radical (unpaired) electrons. The van der Waals surface area contributed by atoms with Crippen molar-refractivity contribution in [3.63, 3.8) is 0 Å². The second kappa shape index (κ2) is 10.5. The van der Waals surface area contributed by atoms with Gasteiger partial charge in [0.25, 0.3) is 0 Å². The predicted molar refractivity (Wildman–Crippen MR) is 174 cm³/mol. The molecule has 4 nitrogen and oxygen atoms in total. The number of aromatic nitrogens is 3. The Hall–Kier alpha value is -5.87. The fourth-order valence-corrected chi connectivity index (χ4v) is 5.65. The van der Waals surface area contributed by atoms with E-state index in [0.29, 0.717) is 23.2 Å². The molecule has 2 heterocycles. The SMILES string of the molecule is c1ccc(-c2ccccc2-c2nc(-c3ccc(-c4cccc5ccccc45)cc3)nc(-c3cc4ccccc4o3)n2)cc1. The van der Waals surface area contributed by atoms with Gasteiger partial charge in [-0.2, -0.15) is 0 Å². The molecule has 0 aliphatic rings. The van der Waals surface area contributed by atoms with Gasteiger partial charge >= 0.3 is 0 Å². The standard InChI is InChI=1S/C39H25N3O/c1-2-11-26(12-3-1)33-17-7-8-18-34(33)38-40-37(41-39(42-38)36-25-30-14-5-9-20-35(30)43-36)29-23-21-28(22-24-29)32-19-10-15-27-13-4-6-16-31(27)32/h1-25H. The number of fused-ring (bicyclic) bond motifs is 2. The van der Waals surface area contributed by atoms with Crippen LogP contribution in [0.25, 0.3) is 78.4 Å². The summed E-state index contributed by atoms with van der Waals surface area (Å²) in [4.78, 5) is 14.9. The Bertz CT molecular complexity index is 2200. The van der Waals surface area contributed by atoms with Crippen molar-refractivity contribution < 1.29 is 4.42 Å². The lowest BCUT2D eigenvalue weighted by Crippen LogP contribution is -2.00. The van der Waals surface area contributed by atoms with E-state index in [2.05, 4.69) is 91.0 Å². The quantitative estimate of drug-likeness (QED) is 0.214. The van der Waals surface area contributed by atoms with E-state index in [1.165, 1.54) is 16.3 Å². The molecule has 0 bridgehead atoms. The van der Waals surface area contributed by atoms with Crippen LogP contribution >= 0.6 is 0 Å². The van der Waals surface area contributed by atoms with E-state index in [-0.39, 0.29) is 0 Å². The van der Waals surface area contributed by atoms with Crippen LogP contribution in [-0.4, -0.2) is 15.0 Å². The molecule has 0 N–H and O–H groups in total. The van der Waals surface area contributed by atoms with E-state index in [4.69, 9.17) is 19.4 Å². The first-order chi connectivity index (χ1) is 21.3. The van der Waals surface area contributed by atoms with Crippen molar-refractivity contribution in [2.24, 2.45) is 0 Å². The smallest absolute Gasteiger partial charge is 0.199 e. The molecule has 4 heteroatoms. The molecule has 0 aliphatic heterocycles. The summed E-state index contributed by atoms with van der Waals surface area (Å²) in [7, 11) is 0. The van der Waals surface area contributed by atoms with Crippen LogP contribution in [0.15, 0.2) is 156 Å². The Balaban J connectivity index is 1.28. The molecular formula is C39H25N3O. The van der Waals surface area contributed by atoms with Gasteiger partial charge in [-0.3, -0.25) is 0 Å². The maximum Gasteiger partial charge on any atom is 0.199 e. The molecule has 0 saturated heterocycles. The predicted octanol–water partition coefficient (Wildman–Crippen LogP) is 10.1. The minimum absolute atomic E-state index is 0.497. The maximum absolute atomic E-state index is 6.22. The summed E-state index contributed by atoms with van der Waals surface area (Å²) >= 11 is 0. The fourth-order valence-electron chi connectivity index (χ4n) is 5.65. The van der Waals surface area contributed by atoms with E-state index in [9.17, 15) is 0 Å². The minimum atomic E-state index is 0.497. The Kier molecular flexibility index (Phi) is 6.08. The third kappa shape index (κ3) is 4.65.